The quantitative estimate of drug-likeness (QED) is 0.600. The van der Waals surface area contributed by atoms with Crippen LogP contribution in [0.1, 0.15) is 5.56 Å². The first-order valence-corrected chi connectivity index (χ1v) is 7.88. The minimum absolute atomic E-state index is 0.0908. The first kappa shape index (κ1) is 12.7. The second kappa shape index (κ2) is 4.25. The maximum absolute atomic E-state index is 12.3. The monoisotopic (exact) mass is 298 g/mol. The van der Waals surface area contributed by atoms with Crippen molar-refractivity contribution in [2.24, 2.45) is 0 Å². The summed E-state index contributed by atoms with van der Waals surface area (Å²) in [6.07, 6.45) is -1.84. The Kier molecular flexibility index (Phi) is 2.71. The van der Waals surface area contributed by atoms with Gasteiger partial charge < -0.3 is 14.2 Å². The van der Waals surface area contributed by atoms with Crippen LogP contribution in [-0.4, -0.2) is 45.7 Å². The molecule has 3 aliphatic rings. The van der Waals surface area contributed by atoms with Crippen molar-refractivity contribution >= 4 is 10.1 Å². The van der Waals surface area contributed by atoms with Gasteiger partial charge in [-0.1, -0.05) is 17.7 Å². The predicted molar refractivity (Wildman–Crippen MR) is 66.5 cm³/mol. The molecule has 0 aliphatic carbocycles. The Bertz CT molecular complexity index is 625. The SMILES string of the molecule is Cc1ccc(S(=O)(=O)O[C@H]2[C@@H]3OC[C@H](O3)[C@@H]3O[C@H]32)cc1. The first-order valence-electron chi connectivity index (χ1n) is 6.47. The number of epoxide rings is 1. The van der Waals surface area contributed by atoms with Gasteiger partial charge >= 0.3 is 0 Å². The summed E-state index contributed by atoms with van der Waals surface area (Å²) in [6, 6.07) is 6.51. The van der Waals surface area contributed by atoms with E-state index >= 15 is 0 Å². The molecule has 1 aromatic carbocycles. The van der Waals surface area contributed by atoms with Crippen molar-refractivity contribution in [3.8, 4) is 0 Å². The van der Waals surface area contributed by atoms with E-state index in [1.807, 2.05) is 6.92 Å². The van der Waals surface area contributed by atoms with Crippen LogP contribution in [0.4, 0.5) is 0 Å². The maximum atomic E-state index is 12.3. The van der Waals surface area contributed by atoms with E-state index in [0.717, 1.165) is 5.56 Å². The van der Waals surface area contributed by atoms with Crippen LogP contribution in [0, 0.1) is 6.92 Å². The highest BCUT2D eigenvalue weighted by Gasteiger charge is 2.63. The molecule has 0 spiro atoms. The molecule has 3 saturated heterocycles. The van der Waals surface area contributed by atoms with Gasteiger partial charge in [0.25, 0.3) is 10.1 Å². The van der Waals surface area contributed by atoms with Gasteiger partial charge in [0.1, 0.15) is 18.3 Å². The topological polar surface area (TPSA) is 74.4 Å². The zero-order chi connectivity index (χ0) is 13.9. The van der Waals surface area contributed by atoms with E-state index in [0.29, 0.717) is 6.61 Å². The van der Waals surface area contributed by atoms with Crippen molar-refractivity contribution in [3.63, 3.8) is 0 Å². The highest BCUT2D eigenvalue weighted by atomic mass is 32.2. The Morgan fingerprint density at radius 3 is 2.65 bits per heavy atom. The van der Waals surface area contributed by atoms with Crippen molar-refractivity contribution in [2.45, 2.75) is 42.5 Å². The van der Waals surface area contributed by atoms with Gasteiger partial charge in [-0.15, -0.1) is 0 Å². The highest BCUT2D eigenvalue weighted by molar-refractivity contribution is 7.86. The molecule has 2 bridgehead atoms. The molecule has 6 nitrogen and oxygen atoms in total. The van der Waals surface area contributed by atoms with E-state index in [1.54, 1.807) is 12.1 Å². The first-order chi connectivity index (χ1) is 9.54. The minimum Gasteiger partial charge on any atom is -0.364 e. The highest BCUT2D eigenvalue weighted by Crippen LogP contribution is 2.43. The van der Waals surface area contributed by atoms with Gasteiger partial charge in [0.05, 0.1) is 11.5 Å². The van der Waals surface area contributed by atoms with Crippen LogP contribution in [-0.2, 0) is 28.5 Å². The minimum atomic E-state index is -3.85. The van der Waals surface area contributed by atoms with Crippen LogP contribution in [0.5, 0.6) is 0 Å². The van der Waals surface area contributed by atoms with E-state index in [-0.39, 0.29) is 23.2 Å². The molecular formula is C13H14O6S. The number of hydrogen-bond acceptors (Lipinski definition) is 6. The van der Waals surface area contributed by atoms with Gasteiger partial charge in [-0.3, -0.25) is 4.18 Å². The van der Waals surface area contributed by atoms with Gasteiger partial charge in [0.15, 0.2) is 12.4 Å². The van der Waals surface area contributed by atoms with Crippen LogP contribution in [0.3, 0.4) is 0 Å². The lowest BCUT2D eigenvalue weighted by atomic mass is 10.1. The average Bonchev–Trinajstić information content (AvgIpc) is 3.09. The fourth-order valence-corrected chi connectivity index (χ4v) is 3.72. The number of aryl methyl sites for hydroxylation is 1. The molecule has 3 aliphatic heterocycles. The Labute approximate surface area is 116 Å². The lowest BCUT2D eigenvalue weighted by molar-refractivity contribution is -0.133. The number of benzene rings is 1. The number of ether oxygens (including phenoxy) is 3. The summed E-state index contributed by atoms with van der Waals surface area (Å²) in [4.78, 5) is 0.125. The molecule has 0 unspecified atom stereocenters. The van der Waals surface area contributed by atoms with E-state index in [9.17, 15) is 8.42 Å². The molecule has 0 aromatic heterocycles. The Morgan fingerprint density at radius 2 is 1.90 bits per heavy atom. The molecule has 3 fully saturated rings. The van der Waals surface area contributed by atoms with Crippen molar-refractivity contribution in [1.29, 1.82) is 0 Å². The van der Waals surface area contributed by atoms with Crippen molar-refractivity contribution in [3.05, 3.63) is 29.8 Å². The number of rotatable bonds is 3. The third-order valence-corrected chi connectivity index (χ3v) is 5.13. The van der Waals surface area contributed by atoms with Crippen LogP contribution in [0.25, 0.3) is 0 Å². The van der Waals surface area contributed by atoms with Gasteiger partial charge in [-0.2, -0.15) is 8.42 Å². The average molecular weight is 298 g/mol. The van der Waals surface area contributed by atoms with Gasteiger partial charge in [-0.25, -0.2) is 0 Å². The third-order valence-electron chi connectivity index (χ3n) is 3.80. The van der Waals surface area contributed by atoms with E-state index in [1.165, 1.54) is 12.1 Å². The van der Waals surface area contributed by atoms with Gasteiger partial charge in [0.2, 0.25) is 0 Å². The Balaban J connectivity index is 1.57. The zero-order valence-electron chi connectivity index (χ0n) is 10.8. The van der Waals surface area contributed by atoms with E-state index in [2.05, 4.69) is 0 Å². The molecule has 7 heteroatoms. The fraction of sp³-hybridized carbons (Fsp3) is 0.538. The summed E-state index contributed by atoms with van der Waals surface area (Å²) < 4.78 is 46.2. The summed E-state index contributed by atoms with van der Waals surface area (Å²) in [7, 11) is -3.85. The van der Waals surface area contributed by atoms with Crippen LogP contribution in [0.15, 0.2) is 29.2 Å². The standard InChI is InChI=1S/C13H14O6S/c1-7-2-4-8(5-3-7)20(14,15)19-12-11-10(18-11)9-6-16-13(12)17-9/h2-5,9-13H,6H2,1H3/t9-,10-,11+,12+,13+/m0/s1. The van der Waals surface area contributed by atoms with Gasteiger partial charge in [0, 0.05) is 0 Å². The summed E-state index contributed by atoms with van der Waals surface area (Å²) in [5.74, 6) is 0. The molecule has 0 amide bonds. The molecular weight excluding hydrogens is 284 g/mol. The van der Waals surface area contributed by atoms with E-state index in [4.69, 9.17) is 18.4 Å². The third kappa shape index (κ3) is 1.97. The van der Waals surface area contributed by atoms with Crippen LogP contribution in [0.2, 0.25) is 0 Å². The van der Waals surface area contributed by atoms with Crippen LogP contribution < -0.4 is 0 Å². The molecule has 5 atom stereocenters. The molecule has 108 valence electrons. The van der Waals surface area contributed by atoms with Crippen molar-refractivity contribution in [1.82, 2.24) is 0 Å². The number of hydrogen-bond donors (Lipinski definition) is 0. The molecule has 3 heterocycles. The second-order valence-corrected chi connectivity index (χ2v) is 6.84. The van der Waals surface area contributed by atoms with Crippen molar-refractivity contribution < 1.29 is 26.8 Å². The molecule has 1 aromatic rings. The molecule has 0 N–H and O–H groups in total. The molecule has 20 heavy (non-hydrogen) atoms. The largest absolute Gasteiger partial charge is 0.364 e. The smallest absolute Gasteiger partial charge is 0.297 e. The Hall–Kier alpha value is -0.990. The molecule has 0 saturated carbocycles. The second-order valence-electron chi connectivity index (χ2n) is 5.27. The van der Waals surface area contributed by atoms with E-state index < -0.39 is 22.5 Å². The van der Waals surface area contributed by atoms with Crippen LogP contribution >= 0.6 is 0 Å². The Morgan fingerprint density at radius 1 is 1.15 bits per heavy atom. The predicted octanol–water partition coefficient (Wildman–Crippen LogP) is 0.591. The summed E-state index contributed by atoms with van der Waals surface area (Å²) >= 11 is 0. The lowest BCUT2D eigenvalue weighted by Crippen LogP contribution is -2.42. The molecule has 0 radical (unpaired) electrons. The zero-order valence-corrected chi connectivity index (χ0v) is 11.6. The maximum Gasteiger partial charge on any atom is 0.297 e. The summed E-state index contributed by atoms with van der Waals surface area (Å²) in [6.45, 7) is 2.32. The summed E-state index contributed by atoms with van der Waals surface area (Å²) in [5, 5.41) is 0. The van der Waals surface area contributed by atoms with Gasteiger partial charge in [-0.05, 0) is 19.1 Å². The normalized spacial score (nSPS) is 38.5. The summed E-state index contributed by atoms with van der Waals surface area (Å²) in [5.41, 5.74) is 0.984. The van der Waals surface area contributed by atoms with Crippen molar-refractivity contribution in [2.75, 3.05) is 6.61 Å². The number of fused-ring (bicyclic) bond motifs is 4. The lowest BCUT2D eigenvalue weighted by Gasteiger charge is -2.23. The molecule has 4 rings (SSSR count). The fourth-order valence-electron chi connectivity index (χ4n) is 2.65.